The highest BCUT2D eigenvalue weighted by Gasteiger charge is 2.40. The van der Waals surface area contributed by atoms with Gasteiger partial charge in [0.1, 0.15) is 19.0 Å². The highest BCUT2D eigenvalue weighted by Crippen LogP contribution is 2.33. The van der Waals surface area contributed by atoms with Crippen LogP contribution >= 0.6 is 0 Å². The van der Waals surface area contributed by atoms with E-state index in [1.54, 1.807) is 6.20 Å². The summed E-state index contributed by atoms with van der Waals surface area (Å²) in [4.78, 5) is 37.8. The van der Waals surface area contributed by atoms with Gasteiger partial charge in [0.15, 0.2) is 0 Å². The minimum absolute atomic E-state index is 0.0954. The van der Waals surface area contributed by atoms with Gasteiger partial charge in [0.2, 0.25) is 11.9 Å². The highest BCUT2D eigenvalue weighted by molar-refractivity contribution is 5.82. The second kappa shape index (κ2) is 8.11. The minimum atomic E-state index is -1.01. The summed E-state index contributed by atoms with van der Waals surface area (Å²) < 4.78 is 6.04. The van der Waals surface area contributed by atoms with E-state index >= 15 is 0 Å². The van der Waals surface area contributed by atoms with Crippen LogP contribution in [0.4, 0.5) is 11.8 Å². The molecular weight excluding hydrogens is 378 g/mol. The largest absolute Gasteiger partial charge is 0.480 e. The van der Waals surface area contributed by atoms with Crippen LogP contribution in [0.15, 0.2) is 12.3 Å². The Morgan fingerprint density at radius 3 is 2.90 bits per heavy atom. The van der Waals surface area contributed by atoms with E-state index in [9.17, 15) is 14.7 Å². The first-order chi connectivity index (χ1) is 13.9. The number of hydrogen-bond donors (Lipinski definition) is 2. The van der Waals surface area contributed by atoms with E-state index in [1.807, 2.05) is 11.0 Å². The first-order valence-electron chi connectivity index (χ1n) is 10.1. The van der Waals surface area contributed by atoms with Gasteiger partial charge in [0, 0.05) is 38.9 Å². The fraction of sp³-hybridized carbons (Fsp3) is 0.684. The van der Waals surface area contributed by atoms with Gasteiger partial charge in [0.05, 0.1) is 11.7 Å². The third kappa shape index (κ3) is 4.43. The van der Waals surface area contributed by atoms with E-state index in [0.717, 1.165) is 38.2 Å². The zero-order valence-electron chi connectivity index (χ0n) is 16.4. The molecule has 0 aliphatic carbocycles. The maximum atomic E-state index is 12.2. The van der Waals surface area contributed by atoms with Crippen molar-refractivity contribution in [1.29, 1.82) is 0 Å². The van der Waals surface area contributed by atoms with Crippen molar-refractivity contribution >= 4 is 23.6 Å². The summed E-state index contributed by atoms with van der Waals surface area (Å²) >= 11 is 0. The molecule has 2 N–H and O–H groups in total. The average Bonchev–Trinajstić information content (AvgIpc) is 3.10. The molecule has 0 bridgehead atoms. The topological polar surface area (TPSA) is 119 Å². The van der Waals surface area contributed by atoms with E-state index in [0.29, 0.717) is 32.0 Å². The molecule has 1 aromatic rings. The van der Waals surface area contributed by atoms with Crippen LogP contribution in [-0.4, -0.2) is 94.5 Å². The molecule has 3 aliphatic heterocycles. The van der Waals surface area contributed by atoms with Crippen molar-refractivity contribution in [2.75, 3.05) is 55.7 Å². The van der Waals surface area contributed by atoms with Gasteiger partial charge < -0.3 is 29.6 Å². The van der Waals surface area contributed by atoms with Crippen LogP contribution in [-0.2, 0) is 14.3 Å². The monoisotopic (exact) mass is 405 g/mol. The molecule has 2 atom stereocenters. The number of carboxylic acid groups (broad SMARTS) is 1. The maximum Gasteiger partial charge on any atom is 0.323 e. The molecule has 10 heteroatoms. The number of aliphatic carboxylic acids is 1. The number of aromatic nitrogens is 2. The Morgan fingerprint density at radius 1 is 1.28 bits per heavy atom. The summed E-state index contributed by atoms with van der Waals surface area (Å²) in [6.07, 6.45) is 4.43. The van der Waals surface area contributed by atoms with Crippen molar-refractivity contribution in [2.45, 2.75) is 37.4 Å². The van der Waals surface area contributed by atoms with Crippen molar-refractivity contribution in [1.82, 2.24) is 14.9 Å². The molecule has 4 heterocycles. The zero-order valence-corrected chi connectivity index (χ0v) is 16.4. The third-order valence-corrected chi connectivity index (χ3v) is 5.96. The Kier molecular flexibility index (Phi) is 5.55. The Hall–Kier alpha value is -2.46. The zero-order chi connectivity index (χ0) is 20.4. The normalized spacial score (nSPS) is 28.1. The number of nitrogens with zero attached hydrogens (tertiary/aromatic N) is 5. The molecule has 3 aliphatic rings. The summed E-state index contributed by atoms with van der Waals surface area (Å²) in [6.45, 7) is 2.69. The lowest BCUT2D eigenvalue weighted by Crippen LogP contribution is -2.50. The van der Waals surface area contributed by atoms with Gasteiger partial charge in [-0.1, -0.05) is 0 Å². The van der Waals surface area contributed by atoms with E-state index in [1.165, 1.54) is 4.90 Å². The predicted octanol–water partition coefficient (Wildman–Crippen LogP) is -0.280. The quantitative estimate of drug-likeness (QED) is 0.697. The van der Waals surface area contributed by atoms with Crippen LogP contribution in [0.3, 0.4) is 0 Å². The van der Waals surface area contributed by atoms with Crippen LogP contribution in [0.5, 0.6) is 0 Å². The number of amides is 1. The maximum absolute atomic E-state index is 12.2. The van der Waals surface area contributed by atoms with E-state index < -0.39 is 11.6 Å². The first kappa shape index (κ1) is 19.8. The fourth-order valence-corrected chi connectivity index (χ4v) is 4.38. The molecule has 1 amide bonds. The Labute approximate surface area is 169 Å². The molecule has 4 rings (SSSR count). The Balaban J connectivity index is 1.47. The Morgan fingerprint density at radius 2 is 2.14 bits per heavy atom. The number of hydrogen-bond acceptors (Lipinski definition) is 8. The average molecular weight is 405 g/mol. The van der Waals surface area contributed by atoms with Gasteiger partial charge in [-0.3, -0.25) is 9.59 Å². The number of rotatable bonds is 4. The molecule has 0 radical (unpaired) electrons. The number of carbonyl (C=O) groups is 2. The molecule has 1 aromatic heterocycles. The molecule has 29 heavy (non-hydrogen) atoms. The van der Waals surface area contributed by atoms with Gasteiger partial charge >= 0.3 is 5.97 Å². The third-order valence-electron chi connectivity index (χ3n) is 5.96. The number of ether oxygens (including phenoxy) is 1. The molecule has 1 spiro atoms. The number of β-amino-alcohol motifs (C(OH)–C–C–N with tert-alkyl or cyclic N) is 1. The number of carboxylic acids is 1. The molecule has 0 saturated carbocycles. The van der Waals surface area contributed by atoms with Crippen molar-refractivity contribution in [3.05, 3.63) is 12.3 Å². The lowest BCUT2D eigenvalue weighted by Gasteiger charge is -2.42. The van der Waals surface area contributed by atoms with Gasteiger partial charge in [-0.15, -0.1) is 0 Å². The predicted molar refractivity (Wildman–Crippen MR) is 104 cm³/mol. The summed E-state index contributed by atoms with van der Waals surface area (Å²) in [5.41, 5.74) is -0.490. The second-order valence-corrected chi connectivity index (χ2v) is 8.06. The van der Waals surface area contributed by atoms with Crippen LogP contribution < -0.4 is 9.80 Å². The lowest BCUT2D eigenvalue weighted by atomic mass is 9.89. The van der Waals surface area contributed by atoms with E-state index in [4.69, 9.17) is 14.8 Å². The second-order valence-electron chi connectivity index (χ2n) is 8.06. The molecule has 10 nitrogen and oxygen atoms in total. The SMILES string of the molecule is O=C(O)CN1CCC2(CCCN(c3ccnc(N4CCC(O)C4)n3)C2)OCC1=O. The van der Waals surface area contributed by atoms with Gasteiger partial charge in [-0.2, -0.15) is 4.98 Å². The fourth-order valence-electron chi connectivity index (χ4n) is 4.38. The highest BCUT2D eigenvalue weighted by atomic mass is 16.5. The van der Waals surface area contributed by atoms with Crippen molar-refractivity contribution in [3.63, 3.8) is 0 Å². The lowest BCUT2D eigenvalue weighted by molar-refractivity contribution is -0.146. The molecule has 2 unspecified atom stereocenters. The number of piperidine rings is 1. The summed E-state index contributed by atoms with van der Waals surface area (Å²) in [7, 11) is 0. The number of aliphatic hydroxyl groups excluding tert-OH is 1. The standard InChI is InChI=1S/C19H27N5O5/c25-14-3-8-23(10-14)18-20-6-2-15(21-18)24-7-1-4-19(13-24)5-9-22(11-17(27)28)16(26)12-29-19/h2,6,14,25H,1,3-5,7-13H2,(H,27,28). The number of carbonyl (C=O) groups excluding carboxylic acids is 1. The molecule has 158 valence electrons. The van der Waals surface area contributed by atoms with Crippen molar-refractivity contribution in [3.8, 4) is 0 Å². The number of aliphatic hydroxyl groups is 1. The van der Waals surface area contributed by atoms with Crippen molar-refractivity contribution < 1.29 is 24.5 Å². The summed E-state index contributed by atoms with van der Waals surface area (Å²) in [6, 6.07) is 1.87. The van der Waals surface area contributed by atoms with E-state index in [2.05, 4.69) is 9.88 Å². The smallest absolute Gasteiger partial charge is 0.323 e. The molecular formula is C19H27N5O5. The van der Waals surface area contributed by atoms with Crippen LogP contribution in [0.2, 0.25) is 0 Å². The van der Waals surface area contributed by atoms with Crippen LogP contribution in [0.1, 0.15) is 25.7 Å². The molecule has 0 aromatic carbocycles. The van der Waals surface area contributed by atoms with Gasteiger partial charge in [-0.25, -0.2) is 4.98 Å². The number of anilines is 2. The van der Waals surface area contributed by atoms with Crippen LogP contribution in [0, 0.1) is 0 Å². The summed E-state index contributed by atoms with van der Waals surface area (Å²) in [5.74, 6) is 0.124. The van der Waals surface area contributed by atoms with Crippen LogP contribution in [0.25, 0.3) is 0 Å². The minimum Gasteiger partial charge on any atom is -0.480 e. The van der Waals surface area contributed by atoms with E-state index in [-0.39, 0.29) is 25.2 Å². The van der Waals surface area contributed by atoms with Gasteiger partial charge in [0.25, 0.3) is 0 Å². The first-order valence-corrected chi connectivity index (χ1v) is 10.1. The molecule has 3 saturated heterocycles. The molecule has 3 fully saturated rings. The van der Waals surface area contributed by atoms with Gasteiger partial charge in [-0.05, 0) is 31.7 Å². The summed E-state index contributed by atoms with van der Waals surface area (Å²) in [5, 5.41) is 18.8. The van der Waals surface area contributed by atoms with Crippen molar-refractivity contribution in [2.24, 2.45) is 0 Å². The Bertz CT molecular complexity index is 777.